The van der Waals surface area contributed by atoms with E-state index in [-0.39, 0.29) is 12.4 Å². The molecule has 1 aliphatic heterocycles. The van der Waals surface area contributed by atoms with Gasteiger partial charge in [0.25, 0.3) is 0 Å². The summed E-state index contributed by atoms with van der Waals surface area (Å²) in [6, 6.07) is 0. The smallest absolute Gasteiger partial charge is 0.0620 e. The minimum atomic E-state index is -0.470. The molecule has 0 aromatic rings. The molecular formula is C8H18ClNO. The van der Waals surface area contributed by atoms with Gasteiger partial charge in [-0.05, 0) is 45.7 Å². The third-order valence-electron chi connectivity index (χ3n) is 2.34. The van der Waals surface area contributed by atoms with E-state index in [0.717, 1.165) is 25.9 Å². The molecule has 0 aliphatic carbocycles. The van der Waals surface area contributed by atoms with E-state index in [1.54, 1.807) is 0 Å². The zero-order valence-electron chi connectivity index (χ0n) is 7.26. The first-order valence-corrected chi connectivity index (χ1v) is 4.04. The number of halogens is 1. The Balaban J connectivity index is 0.000001000. The quantitative estimate of drug-likeness (QED) is 0.634. The second-order valence-electron chi connectivity index (χ2n) is 3.68. The van der Waals surface area contributed by atoms with Gasteiger partial charge >= 0.3 is 0 Å². The summed E-state index contributed by atoms with van der Waals surface area (Å²) in [5, 5.41) is 12.9. The van der Waals surface area contributed by atoms with Gasteiger partial charge < -0.3 is 10.4 Å². The summed E-state index contributed by atoms with van der Waals surface area (Å²) in [4.78, 5) is 0. The van der Waals surface area contributed by atoms with E-state index in [0.29, 0.717) is 5.92 Å². The summed E-state index contributed by atoms with van der Waals surface area (Å²) >= 11 is 0. The number of rotatable bonds is 1. The fourth-order valence-electron chi connectivity index (χ4n) is 1.53. The summed E-state index contributed by atoms with van der Waals surface area (Å²) in [6.07, 6.45) is 2.23. The van der Waals surface area contributed by atoms with Crippen LogP contribution in [-0.4, -0.2) is 23.8 Å². The molecular weight excluding hydrogens is 162 g/mol. The predicted octanol–water partition coefficient (Wildman–Crippen LogP) is 1.18. The maximum atomic E-state index is 9.61. The Labute approximate surface area is 74.8 Å². The van der Waals surface area contributed by atoms with Gasteiger partial charge in [0, 0.05) is 0 Å². The van der Waals surface area contributed by atoms with Crippen LogP contribution < -0.4 is 5.32 Å². The molecule has 0 atom stereocenters. The summed E-state index contributed by atoms with van der Waals surface area (Å²) < 4.78 is 0. The fourth-order valence-corrected chi connectivity index (χ4v) is 1.53. The van der Waals surface area contributed by atoms with Crippen molar-refractivity contribution in [3.05, 3.63) is 0 Å². The van der Waals surface area contributed by atoms with Gasteiger partial charge in [-0.2, -0.15) is 0 Å². The molecule has 1 heterocycles. The highest BCUT2D eigenvalue weighted by atomic mass is 35.5. The van der Waals surface area contributed by atoms with E-state index in [9.17, 15) is 5.11 Å². The van der Waals surface area contributed by atoms with Crippen molar-refractivity contribution in [1.29, 1.82) is 0 Å². The highest BCUT2D eigenvalue weighted by Crippen LogP contribution is 2.24. The highest BCUT2D eigenvalue weighted by Gasteiger charge is 2.27. The molecule has 0 unspecified atom stereocenters. The van der Waals surface area contributed by atoms with Crippen molar-refractivity contribution < 1.29 is 5.11 Å². The van der Waals surface area contributed by atoms with Crippen LogP contribution in [0.3, 0.4) is 0 Å². The van der Waals surface area contributed by atoms with E-state index in [1.807, 2.05) is 13.8 Å². The minimum Gasteiger partial charge on any atom is -0.390 e. The largest absolute Gasteiger partial charge is 0.390 e. The minimum absolute atomic E-state index is 0. The summed E-state index contributed by atoms with van der Waals surface area (Å²) in [7, 11) is 0. The van der Waals surface area contributed by atoms with Crippen molar-refractivity contribution in [3.63, 3.8) is 0 Å². The lowest BCUT2D eigenvalue weighted by atomic mass is 9.84. The van der Waals surface area contributed by atoms with E-state index >= 15 is 0 Å². The Morgan fingerprint density at radius 2 is 1.73 bits per heavy atom. The molecule has 1 saturated heterocycles. The van der Waals surface area contributed by atoms with Gasteiger partial charge in [0.1, 0.15) is 0 Å². The molecule has 3 heteroatoms. The van der Waals surface area contributed by atoms with Crippen LogP contribution in [0.15, 0.2) is 0 Å². The number of hydrogen-bond acceptors (Lipinski definition) is 2. The van der Waals surface area contributed by atoms with E-state index < -0.39 is 5.60 Å². The molecule has 1 rings (SSSR count). The van der Waals surface area contributed by atoms with Gasteiger partial charge in [0.2, 0.25) is 0 Å². The second kappa shape index (κ2) is 4.29. The van der Waals surface area contributed by atoms with Crippen molar-refractivity contribution in [2.24, 2.45) is 5.92 Å². The standard InChI is InChI=1S/C8H17NO.ClH/c1-8(2,10)7-3-5-9-6-4-7;/h7,9-10H,3-6H2,1-2H3;1H. The molecule has 0 aromatic carbocycles. The van der Waals surface area contributed by atoms with Crippen LogP contribution in [0, 0.1) is 5.92 Å². The molecule has 1 aliphatic rings. The summed E-state index contributed by atoms with van der Waals surface area (Å²) in [6.45, 7) is 5.94. The Kier molecular flexibility index (Phi) is 4.37. The normalized spacial score (nSPS) is 21.0. The lowest BCUT2D eigenvalue weighted by Gasteiger charge is -2.32. The number of aliphatic hydroxyl groups is 1. The third-order valence-corrected chi connectivity index (χ3v) is 2.34. The Hall–Kier alpha value is 0.210. The van der Waals surface area contributed by atoms with Gasteiger partial charge in [-0.1, -0.05) is 0 Å². The molecule has 2 N–H and O–H groups in total. The number of nitrogens with one attached hydrogen (secondary N) is 1. The lowest BCUT2D eigenvalue weighted by Crippen LogP contribution is -2.39. The molecule has 68 valence electrons. The van der Waals surface area contributed by atoms with Gasteiger partial charge in [-0.15, -0.1) is 12.4 Å². The van der Waals surface area contributed by atoms with Crippen LogP contribution in [-0.2, 0) is 0 Å². The van der Waals surface area contributed by atoms with Gasteiger partial charge in [-0.25, -0.2) is 0 Å². The SMILES string of the molecule is CC(C)(O)C1CCNCC1.Cl. The first-order valence-electron chi connectivity index (χ1n) is 4.04. The van der Waals surface area contributed by atoms with E-state index in [4.69, 9.17) is 0 Å². The zero-order chi connectivity index (χ0) is 7.61. The van der Waals surface area contributed by atoms with Crippen molar-refractivity contribution >= 4 is 12.4 Å². The van der Waals surface area contributed by atoms with Crippen molar-refractivity contribution in [2.75, 3.05) is 13.1 Å². The zero-order valence-corrected chi connectivity index (χ0v) is 8.08. The van der Waals surface area contributed by atoms with E-state index in [1.165, 1.54) is 0 Å². The van der Waals surface area contributed by atoms with Crippen molar-refractivity contribution in [3.8, 4) is 0 Å². The van der Waals surface area contributed by atoms with Crippen molar-refractivity contribution in [2.45, 2.75) is 32.3 Å². The Morgan fingerprint density at radius 3 is 2.00 bits per heavy atom. The predicted molar refractivity (Wildman–Crippen MR) is 49.1 cm³/mol. The highest BCUT2D eigenvalue weighted by molar-refractivity contribution is 5.85. The second-order valence-corrected chi connectivity index (χ2v) is 3.68. The van der Waals surface area contributed by atoms with Crippen molar-refractivity contribution in [1.82, 2.24) is 5.32 Å². The van der Waals surface area contributed by atoms with Crippen LogP contribution in [0.4, 0.5) is 0 Å². The molecule has 0 bridgehead atoms. The van der Waals surface area contributed by atoms with Crippen LogP contribution in [0.1, 0.15) is 26.7 Å². The van der Waals surface area contributed by atoms with Gasteiger partial charge in [0.05, 0.1) is 5.60 Å². The summed E-state index contributed by atoms with van der Waals surface area (Å²) in [5.74, 6) is 0.494. The fraction of sp³-hybridized carbons (Fsp3) is 1.00. The number of piperidine rings is 1. The van der Waals surface area contributed by atoms with Crippen LogP contribution in [0.5, 0.6) is 0 Å². The molecule has 1 fully saturated rings. The first-order chi connectivity index (χ1) is 4.61. The molecule has 11 heavy (non-hydrogen) atoms. The molecule has 0 saturated carbocycles. The average Bonchev–Trinajstić information content (AvgIpc) is 1.88. The maximum absolute atomic E-state index is 9.61. The average molecular weight is 180 g/mol. The molecule has 0 aromatic heterocycles. The lowest BCUT2D eigenvalue weighted by molar-refractivity contribution is 0.00385. The number of hydrogen-bond donors (Lipinski definition) is 2. The van der Waals surface area contributed by atoms with Crippen LogP contribution in [0.25, 0.3) is 0 Å². The summed E-state index contributed by atoms with van der Waals surface area (Å²) in [5.41, 5.74) is -0.470. The van der Waals surface area contributed by atoms with Gasteiger partial charge in [-0.3, -0.25) is 0 Å². The monoisotopic (exact) mass is 179 g/mol. The van der Waals surface area contributed by atoms with Crippen LogP contribution >= 0.6 is 12.4 Å². The molecule has 0 radical (unpaired) electrons. The third kappa shape index (κ3) is 3.41. The maximum Gasteiger partial charge on any atom is 0.0620 e. The van der Waals surface area contributed by atoms with E-state index in [2.05, 4.69) is 5.32 Å². The Morgan fingerprint density at radius 1 is 1.27 bits per heavy atom. The Bertz CT molecular complexity index is 105. The van der Waals surface area contributed by atoms with Gasteiger partial charge in [0.15, 0.2) is 0 Å². The first kappa shape index (κ1) is 11.2. The molecule has 0 amide bonds. The molecule has 2 nitrogen and oxygen atoms in total. The molecule has 0 spiro atoms. The van der Waals surface area contributed by atoms with Crippen LogP contribution in [0.2, 0.25) is 0 Å². The topological polar surface area (TPSA) is 32.3 Å².